The smallest absolute Gasteiger partial charge is 0.171 e. The Morgan fingerprint density at radius 1 is 0.792 bits per heavy atom. The molecule has 48 heavy (non-hydrogen) atoms. The van der Waals surface area contributed by atoms with Crippen LogP contribution in [0.1, 0.15) is 60.6 Å². The monoisotopic (exact) mass is 679 g/mol. The number of halogens is 2. The van der Waals surface area contributed by atoms with Gasteiger partial charge >= 0.3 is 0 Å². The van der Waals surface area contributed by atoms with E-state index < -0.39 is 6.29 Å². The van der Waals surface area contributed by atoms with Crippen LogP contribution >= 0.6 is 11.6 Å². The van der Waals surface area contributed by atoms with E-state index in [1.54, 1.807) is 45.6 Å². The van der Waals surface area contributed by atoms with Gasteiger partial charge in [-0.2, -0.15) is 5.26 Å². The molecule has 0 spiro atoms. The van der Waals surface area contributed by atoms with Crippen LogP contribution in [0.2, 0.25) is 5.02 Å². The third-order valence-electron chi connectivity index (χ3n) is 6.91. The maximum Gasteiger partial charge on any atom is 0.171 e. The second-order valence-electron chi connectivity index (χ2n) is 10.5. The predicted octanol–water partition coefficient (Wildman–Crippen LogP) is 9.62. The van der Waals surface area contributed by atoms with Crippen molar-refractivity contribution in [2.75, 3.05) is 27.9 Å². The second-order valence-corrected chi connectivity index (χ2v) is 10.9. The number of benzene rings is 4. The zero-order valence-corrected chi connectivity index (χ0v) is 29.2. The van der Waals surface area contributed by atoms with Crippen LogP contribution in [0.25, 0.3) is 0 Å². The lowest BCUT2D eigenvalue weighted by molar-refractivity contribution is -0.220. The van der Waals surface area contributed by atoms with Gasteiger partial charge in [-0.25, -0.2) is 0 Å². The van der Waals surface area contributed by atoms with Crippen molar-refractivity contribution in [1.29, 1.82) is 5.26 Å². The molecule has 3 unspecified atom stereocenters. The van der Waals surface area contributed by atoms with Gasteiger partial charge in [0.2, 0.25) is 0 Å². The molecule has 7 nitrogen and oxygen atoms in total. The highest BCUT2D eigenvalue weighted by atomic mass is 35.5. The van der Waals surface area contributed by atoms with E-state index >= 15 is 0 Å². The molecular formula is C39H47ClFNO6. The van der Waals surface area contributed by atoms with Crippen molar-refractivity contribution in [2.24, 2.45) is 0 Å². The molecule has 0 aromatic heterocycles. The van der Waals surface area contributed by atoms with Crippen molar-refractivity contribution in [2.45, 2.75) is 64.8 Å². The Morgan fingerprint density at radius 3 is 1.96 bits per heavy atom. The molecule has 1 saturated heterocycles. The topological polar surface area (TPSA) is 79.2 Å². The molecule has 3 atom stereocenters. The van der Waals surface area contributed by atoms with Crippen LogP contribution in [0.3, 0.4) is 0 Å². The van der Waals surface area contributed by atoms with E-state index in [4.69, 9.17) is 35.8 Å². The summed E-state index contributed by atoms with van der Waals surface area (Å²) in [5.41, 5.74) is 5.18. The number of ether oxygens (including phenoxy) is 5. The van der Waals surface area contributed by atoms with Crippen molar-refractivity contribution in [3.8, 4) is 11.8 Å². The molecule has 0 radical (unpaired) electrons. The molecule has 258 valence electrons. The van der Waals surface area contributed by atoms with Gasteiger partial charge < -0.3 is 23.7 Å². The van der Waals surface area contributed by atoms with Crippen LogP contribution < -0.4 is 4.94 Å². The first-order chi connectivity index (χ1) is 23.5. The lowest BCUT2D eigenvalue weighted by Crippen LogP contribution is -2.34. The van der Waals surface area contributed by atoms with E-state index in [-0.39, 0.29) is 24.6 Å². The summed E-state index contributed by atoms with van der Waals surface area (Å²) in [6.45, 7) is 5.15. The molecule has 1 aliphatic rings. The summed E-state index contributed by atoms with van der Waals surface area (Å²) in [6, 6.07) is 34.7. The summed E-state index contributed by atoms with van der Waals surface area (Å²) in [6.07, 6.45) is 0.893. The minimum Gasteiger partial charge on any atom is -0.388 e. The van der Waals surface area contributed by atoms with E-state index in [0.717, 1.165) is 22.3 Å². The molecular weight excluding hydrogens is 633 g/mol. The Balaban J connectivity index is 0.000000480. The third kappa shape index (κ3) is 15.0. The summed E-state index contributed by atoms with van der Waals surface area (Å²) in [5, 5.41) is 9.57. The van der Waals surface area contributed by atoms with Crippen LogP contribution in [0.5, 0.6) is 5.75 Å². The fourth-order valence-electron chi connectivity index (χ4n) is 4.77. The quantitative estimate of drug-likeness (QED) is 0.156. The van der Waals surface area contributed by atoms with E-state index in [1.807, 2.05) is 98.8 Å². The van der Waals surface area contributed by atoms with Crippen LogP contribution in [0, 0.1) is 11.3 Å². The SMILES string of the molecule is CC.COC.COCc1ccccc1.N#CCOC1CC(OCc2ccccc2)CC(c2ccc(Cl)c(Cc3ccc(OF)cc3)c2)O1. The summed E-state index contributed by atoms with van der Waals surface area (Å²) >= 11 is 6.48. The lowest BCUT2D eigenvalue weighted by Gasteiger charge is -2.35. The van der Waals surface area contributed by atoms with Gasteiger partial charge in [0.1, 0.15) is 6.61 Å². The average Bonchev–Trinajstić information content (AvgIpc) is 3.13. The first-order valence-corrected chi connectivity index (χ1v) is 16.3. The number of nitrogens with zero attached hydrogens (tertiary/aromatic N) is 1. The van der Waals surface area contributed by atoms with Gasteiger partial charge in [0.15, 0.2) is 12.0 Å². The first kappa shape index (κ1) is 40.4. The van der Waals surface area contributed by atoms with Gasteiger partial charge in [-0.15, -0.1) is 0 Å². The molecule has 0 aliphatic carbocycles. The van der Waals surface area contributed by atoms with Crippen LogP contribution in [-0.4, -0.2) is 40.3 Å². The highest BCUT2D eigenvalue weighted by Gasteiger charge is 2.32. The molecule has 4 aromatic carbocycles. The predicted molar refractivity (Wildman–Crippen MR) is 187 cm³/mol. The highest BCUT2D eigenvalue weighted by molar-refractivity contribution is 6.31. The number of hydrogen-bond donors (Lipinski definition) is 0. The Bertz CT molecular complexity index is 1440. The molecule has 1 aliphatic heterocycles. The molecule has 4 aromatic rings. The molecule has 0 amide bonds. The fraction of sp³-hybridized carbons (Fsp3) is 0.359. The van der Waals surface area contributed by atoms with Gasteiger partial charge in [0.05, 0.1) is 31.5 Å². The Kier molecular flexibility index (Phi) is 20.5. The molecule has 9 heteroatoms. The number of hydrogen-bond acceptors (Lipinski definition) is 7. The standard InChI is InChI=1S/C27H25ClFNO4.C8H10O.C2H6O.C2H6/c28-25-11-8-21(15-22(25)14-19-6-9-23(34-29)10-7-19)26-16-24(17-27(33-26)31-13-12-30)32-18-20-4-2-1-3-5-20;1-9-7-8-5-3-2-4-6-8;1-3-2;1-2/h1-11,15,24,26-27H,13-14,16-18H2;2-6H,7H2,1H3;1-2H3;1-2H3. The average molecular weight is 680 g/mol. The van der Waals surface area contributed by atoms with Crippen molar-refractivity contribution < 1.29 is 33.2 Å². The third-order valence-corrected chi connectivity index (χ3v) is 7.28. The Morgan fingerprint density at radius 2 is 1.40 bits per heavy atom. The fourth-order valence-corrected chi connectivity index (χ4v) is 4.95. The van der Waals surface area contributed by atoms with Gasteiger partial charge in [-0.05, 0) is 52.4 Å². The van der Waals surface area contributed by atoms with E-state index in [2.05, 4.69) is 9.68 Å². The molecule has 0 bridgehead atoms. The molecule has 1 fully saturated rings. The normalized spacial score (nSPS) is 16.4. The minimum absolute atomic E-state index is 0.0484. The van der Waals surface area contributed by atoms with E-state index in [9.17, 15) is 4.53 Å². The molecule has 5 rings (SSSR count). The first-order valence-electron chi connectivity index (χ1n) is 15.9. The number of nitriles is 1. The van der Waals surface area contributed by atoms with Crippen LogP contribution in [-0.2, 0) is 43.3 Å². The maximum absolute atomic E-state index is 12.3. The van der Waals surface area contributed by atoms with Gasteiger partial charge in [0, 0.05) is 43.7 Å². The molecule has 0 N–H and O–H groups in total. The van der Waals surface area contributed by atoms with Crippen molar-refractivity contribution in [1.82, 2.24) is 0 Å². The summed E-state index contributed by atoms with van der Waals surface area (Å²) in [7, 11) is 4.95. The van der Waals surface area contributed by atoms with Crippen LogP contribution in [0.4, 0.5) is 4.53 Å². The molecule has 0 saturated carbocycles. The zero-order chi connectivity index (χ0) is 35.0. The summed E-state index contributed by atoms with van der Waals surface area (Å²) in [5.74, 6) is 0.157. The van der Waals surface area contributed by atoms with E-state index in [0.29, 0.717) is 37.5 Å². The second kappa shape index (κ2) is 24.3. The summed E-state index contributed by atoms with van der Waals surface area (Å²) < 4.78 is 39.5. The van der Waals surface area contributed by atoms with Crippen molar-refractivity contribution in [3.05, 3.63) is 136 Å². The van der Waals surface area contributed by atoms with Crippen molar-refractivity contribution in [3.63, 3.8) is 0 Å². The largest absolute Gasteiger partial charge is 0.388 e. The zero-order valence-electron chi connectivity index (χ0n) is 28.4. The Labute approximate surface area is 290 Å². The van der Waals surface area contributed by atoms with Gasteiger partial charge in [0.25, 0.3) is 0 Å². The van der Waals surface area contributed by atoms with Crippen LogP contribution in [0.15, 0.2) is 103 Å². The van der Waals surface area contributed by atoms with Gasteiger partial charge in [-0.3, -0.25) is 4.94 Å². The van der Waals surface area contributed by atoms with Gasteiger partial charge in [-0.1, -0.05) is 110 Å². The minimum atomic E-state index is -0.536. The van der Waals surface area contributed by atoms with Crippen molar-refractivity contribution >= 4 is 11.6 Å². The van der Waals surface area contributed by atoms with E-state index in [1.165, 1.54) is 5.56 Å². The Hall–Kier alpha value is -3.81. The highest BCUT2D eigenvalue weighted by Crippen LogP contribution is 2.35. The maximum atomic E-state index is 12.3. The number of rotatable bonds is 11. The number of methoxy groups -OCH3 is 2. The summed E-state index contributed by atoms with van der Waals surface area (Å²) in [4.78, 5) is 3.75. The lowest BCUT2D eigenvalue weighted by atomic mass is 9.95. The molecule has 1 heterocycles.